The van der Waals surface area contributed by atoms with Gasteiger partial charge in [0.15, 0.2) is 5.79 Å². The molecule has 1 aromatic rings. The molecule has 1 aromatic carbocycles. The lowest BCUT2D eigenvalue weighted by atomic mass is 9.96. The average molecular weight is 249 g/mol. The molecule has 0 saturated heterocycles. The molecule has 0 bridgehead atoms. The zero-order valence-corrected chi connectivity index (χ0v) is 10.2. The highest BCUT2D eigenvalue weighted by Crippen LogP contribution is 2.32. The van der Waals surface area contributed by atoms with E-state index in [1.807, 2.05) is 13.8 Å². The summed E-state index contributed by atoms with van der Waals surface area (Å²) in [5.41, 5.74) is 0.294. The number of benzene rings is 1. The fourth-order valence-corrected chi connectivity index (χ4v) is 2.05. The summed E-state index contributed by atoms with van der Waals surface area (Å²) < 4.78 is 0. The van der Waals surface area contributed by atoms with Crippen LogP contribution in [0.3, 0.4) is 0 Å². The fraction of sp³-hybridized carbons (Fsp3) is 0.455. The normalized spacial score (nSPS) is 12.2. The van der Waals surface area contributed by atoms with E-state index in [4.69, 9.17) is 23.2 Å². The van der Waals surface area contributed by atoms with Crippen molar-refractivity contribution in [1.29, 1.82) is 0 Å². The van der Waals surface area contributed by atoms with Crippen molar-refractivity contribution in [3.63, 3.8) is 0 Å². The summed E-state index contributed by atoms with van der Waals surface area (Å²) in [7, 11) is 0. The number of halogens is 2. The number of hydrogen-bond donors (Lipinski definition) is 2. The Morgan fingerprint density at radius 3 is 2.33 bits per heavy atom. The number of aliphatic hydroxyl groups is 2. The van der Waals surface area contributed by atoms with Gasteiger partial charge in [0.25, 0.3) is 0 Å². The zero-order chi connectivity index (χ0) is 11.6. The molecule has 0 spiro atoms. The summed E-state index contributed by atoms with van der Waals surface area (Å²) in [5, 5.41) is 20.5. The van der Waals surface area contributed by atoms with Crippen LogP contribution in [-0.4, -0.2) is 10.2 Å². The minimum Gasteiger partial charge on any atom is -0.362 e. The summed E-state index contributed by atoms with van der Waals surface area (Å²) in [6, 6.07) is 4.62. The molecule has 0 unspecified atom stereocenters. The molecule has 1 rings (SSSR count). The van der Waals surface area contributed by atoms with E-state index in [0.717, 1.165) is 0 Å². The van der Waals surface area contributed by atoms with Crippen molar-refractivity contribution < 1.29 is 10.2 Å². The quantitative estimate of drug-likeness (QED) is 0.807. The average Bonchev–Trinajstić information content (AvgIpc) is 1.99. The molecule has 0 aliphatic rings. The Morgan fingerprint density at radius 1 is 1.27 bits per heavy atom. The Labute approximate surface area is 99.5 Å². The van der Waals surface area contributed by atoms with Crippen LogP contribution in [0.5, 0.6) is 0 Å². The van der Waals surface area contributed by atoms with Gasteiger partial charge in [-0.3, -0.25) is 0 Å². The predicted octanol–water partition coefficient (Wildman–Crippen LogP) is 3.18. The van der Waals surface area contributed by atoms with E-state index < -0.39 is 5.79 Å². The van der Waals surface area contributed by atoms with Gasteiger partial charge in [-0.25, -0.2) is 0 Å². The van der Waals surface area contributed by atoms with Crippen molar-refractivity contribution in [2.75, 3.05) is 0 Å². The molecular formula is C11H14Cl2O2. The topological polar surface area (TPSA) is 40.5 Å². The molecule has 0 aliphatic heterocycles. The lowest BCUT2D eigenvalue weighted by Crippen LogP contribution is -2.27. The summed E-state index contributed by atoms with van der Waals surface area (Å²) in [5.74, 6) is -1.73. The first kappa shape index (κ1) is 12.8. The second-order valence-corrected chi connectivity index (χ2v) is 4.88. The summed E-state index contributed by atoms with van der Waals surface area (Å²) in [4.78, 5) is 0. The van der Waals surface area contributed by atoms with Crippen molar-refractivity contribution in [3.05, 3.63) is 33.8 Å². The fourth-order valence-electron chi connectivity index (χ4n) is 1.49. The van der Waals surface area contributed by atoms with Crippen LogP contribution in [0, 0.1) is 5.92 Å². The smallest absolute Gasteiger partial charge is 0.191 e. The third kappa shape index (κ3) is 3.35. The van der Waals surface area contributed by atoms with Crippen LogP contribution in [0.4, 0.5) is 0 Å². The van der Waals surface area contributed by atoms with E-state index in [-0.39, 0.29) is 17.4 Å². The largest absolute Gasteiger partial charge is 0.362 e. The van der Waals surface area contributed by atoms with Gasteiger partial charge in [0.05, 0.1) is 5.02 Å². The van der Waals surface area contributed by atoms with Crippen molar-refractivity contribution in [2.24, 2.45) is 5.92 Å². The molecule has 15 heavy (non-hydrogen) atoms. The van der Waals surface area contributed by atoms with Gasteiger partial charge in [-0.05, 0) is 18.1 Å². The highest BCUT2D eigenvalue weighted by atomic mass is 35.5. The van der Waals surface area contributed by atoms with Crippen LogP contribution in [-0.2, 0) is 5.79 Å². The molecule has 0 amide bonds. The minimum atomic E-state index is -1.89. The van der Waals surface area contributed by atoms with Gasteiger partial charge in [-0.1, -0.05) is 43.1 Å². The molecule has 0 aromatic heterocycles. The van der Waals surface area contributed by atoms with E-state index in [0.29, 0.717) is 10.6 Å². The van der Waals surface area contributed by atoms with E-state index >= 15 is 0 Å². The summed E-state index contributed by atoms with van der Waals surface area (Å²) in [6.07, 6.45) is 0.231. The maximum atomic E-state index is 9.86. The third-order valence-corrected chi connectivity index (χ3v) is 2.60. The Kier molecular flexibility index (Phi) is 4.01. The molecule has 2 nitrogen and oxygen atoms in total. The third-order valence-electron chi connectivity index (χ3n) is 2.06. The first-order valence-corrected chi connectivity index (χ1v) is 5.49. The maximum Gasteiger partial charge on any atom is 0.191 e. The summed E-state index contributed by atoms with van der Waals surface area (Å²) >= 11 is 11.6. The molecule has 2 N–H and O–H groups in total. The zero-order valence-electron chi connectivity index (χ0n) is 8.67. The van der Waals surface area contributed by atoms with E-state index in [1.165, 1.54) is 12.1 Å². The first-order valence-electron chi connectivity index (χ1n) is 4.73. The van der Waals surface area contributed by atoms with Crippen LogP contribution < -0.4 is 0 Å². The monoisotopic (exact) mass is 248 g/mol. The maximum absolute atomic E-state index is 9.86. The molecular weight excluding hydrogens is 235 g/mol. The van der Waals surface area contributed by atoms with Gasteiger partial charge in [-0.2, -0.15) is 0 Å². The molecule has 0 atom stereocenters. The summed E-state index contributed by atoms with van der Waals surface area (Å²) in [6.45, 7) is 3.82. The van der Waals surface area contributed by atoms with E-state index in [1.54, 1.807) is 6.07 Å². The molecule has 84 valence electrons. The van der Waals surface area contributed by atoms with Crippen LogP contribution in [0.2, 0.25) is 10.0 Å². The van der Waals surface area contributed by atoms with Gasteiger partial charge >= 0.3 is 0 Å². The van der Waals surface area contributed by atoms with Gasteiger partial charge in [0, 0.05) is 17.0 Å². The van der Waals surface area contributed by atoms with Crippen molar-refractivity contribution in [2.45, 2.75) is 26.1 Å². The van der Waals surface area contributed by atoms with Gasteiger partial charge < -0.3 is 10.2 Å². The SMILES string of the molecule is CC(C)CC(O)(O)c1ccc(Cl)cc1Cl. The molecule has 0 heterocycles. The second-order valence-electron chi connectivity index (χ2n) is 4.04. The Hall–Kier alpha value is -0.280. The number of hydrogen-bond acceptors (Lipinski definition) is 2. The molecule has 0 fully saturated rings. The Balaban J connectivity index is 3.04. The van der Waals surface area contributed by atoms with E-state index in [9.17, 15) is 10.2 Å². The molecule has 0 saturated carbocycles. The van der Waals surface area contributed by atoms with Gasteiger partial charge in [0.2, 0.25) is 0 Å². The van der Waals surface area contributed by atoms with Crippen molar-refractivity contribution in [3.8, 4) is 0 Å². The second kappa shape index (κ2) is 4.71. The molecule has 0 radical (unpaired) electrons. The minimum absolute atomic E-state index is 0.159. The molecule has 0 aliphatic carbocycles. The van der Waals surface area contributed by atoms with Gasteiger partial charge in [0.1, 0.15) is 0 Å². The van der Waals surface area contributed by atoms with Gasteiger partial charge in [-0.15, -0.1) is 0 Å². The van der Waals surface area contributed by atoms with Crippen molar-refractivity contribution >= 4 is 23.2 Å². The lowest BCUT2D eigenvalue weighted by Gasteiger charge is -2.25. The first-order chi connectivity index (χ1) is 6.83. The van der Waals surface area contributed by atoms with Crippen molar-refractivity contribution in [1.82, 2.24) is 0 Å². The van der Waals surface area contributed by atoms with Crippen LogP contribution in [0.25, 0.3) is 0 Å². The van der Waals surface area contributed by atoms with Crippen LogP contribution in [0.1, 0.15) is 25.8 Å². The Bertz CT molecular complexity index is 348. The van der Waals surface area contributed by atoms with Crippen LogP contribution in [0.15, 0.2) is 18.2 Å². The lowest BCUT2D eigenvalue weighted by molar-refractivity contribution is -0.180. The highest BCUT2D eigenvalue weighted by molar-refractivity contribution is 6.35. The predicted molar refractivity (Wildman–Crippen MR) is 62.0 cm³/mol. The highest BCUT2D eigenvalue weighted by Gasteiger charge is 2.29. The number of rotatable bonds is 3. The standard InChI is InChI=1S/C11H14Cl2O2/c1-7(2)6-11(14,15)9-4-3-8(12)5-10(9)13/h3-5,7,14-15H,6H2,1-2H3. The Morgan fingerprint density at radius 2 is 1.87 bits per heavy atom. The van der Waals surface area contributed by atoms with Crippen LogP contribution >= 0.6 is 23.2 Å². The van der Waals surface area contributed by atoms with E-state index in [2.05, 4.69) is 0 Å². The molecule has 4 heteroatoms.